The summed E-state index contributed by atoms with van der Waals surface area (Å²) in [6.07, 6.45) is 1.06. The molecule has 0 saturated carbocycles. The SMILES string of the molecule is CCc1ccc(-c2nc3cccc(N4CCNCC4)c3[nH]2)cc1. The summed E-state index contributed by atoms with van der Waals surface area (Å²) in [4.78, 5) is 10.8. The van der Waals surface area contributed by atoms with Crippen molar-refractivity contribution < 1.29 is 0 Å². The molecule has 1 aliphatic heterocycles. The topological polar surface area (TPSA) is 44.0 Å². The average Bonchev–Trinajstić information content (AvgIpc) is 3.06. The summed E-state index contributed by atoms with van der Waals surface area (Å²) in [5.74, 6) is 0.949. The van der Waals surface area contributed by atoms with Crippen molar-refractivity contribution in [2.45, 2.75) is 13.3 Å². The number of hydrogen-bond acceptors (Lipinski definition) is 3. The molecule has 4 rings (SSSR count). The highest BCUT2D eigenvalue weighted by molar-refractivity contribution is 5.91. The minimum absolute atomic E-state index is 0.949. The Balaban J connectivity index is 1.74. The van der Waals surface area contributed by atoms with Crippen molar-refractivity contribution in [1.29, 1.82) is 0 Å². The predicted molar refractivity (Wildman–Crippen MR) is 96.0 cm³/mol. The minimum Gasteiger partial charge on any atom is -0.367 e. The fraction of sp³-hybridized carbons (Fsp3) is 0.316. The summed E-state index contributed by atoms with van der Waals surface area (Å²) in [7, 11) is 0. The lowest BCUT2D eigenvalue weighted by Gasteiger charge is -2.29. The van der Waals surface area contributed by atoms with Crippen LogP contribution in [0.5, 0.6) is 0 Å². The summed E-state index contributed by atoms with van der Waals surface area (Å²) in [5, 5.41) is 3.41. The van der Waals surface area contributed by atoms with Gasteiger partial charge in [0.2, 0.25) is 0 Å². The van der Waals surface area contributed by atoms with Crippen LogP contribution in [-0.4, -0.2) is 36.1 Å². The van der Waals surface area contributed by atoms with Gasteiger partial charge in [0, 0.05) is 31.7 Å². The van der Waals surface area contributed by atoms with Crippen molar-refractivity contribution in [3.05, 3.63) is 48.0 Å². The van der Waals surface area contributed by atoms with Crippen molar-refractivity contribution in [3.63, 3.8) is 0 Å². The highest BCUT2D eigenvalue weighted by Crippen LogP contribution is 2.28. The number of aromatic amines is 1. The molecule has 4 heteroatoms. The predicted octanol–water partition coefficient (Wildman–Crippen LogP) is 3.20. The van der Waals surface area contributed by atoms with E-state index >= 15 is 0 Å². The molecule has 2 N–H and O–H groups in total. The number of aryl methyl sites for hydroxylation is 1. The number of anilines is 1. The molecule has 1 aliphatic rings. The van der Waals surface area contributed by atoms with Gasteiger partial charge in [-0.15, -0.1) is 0 Å². The summed E-state index contributed by atoms with van der Waals surface area (Å²) >= 11 is 0. The first kappa shape index (κ1) is 14.3. The molecule has 0 bridgehead atoms. The Morgan fingerprint density at radius 2 is 1.83 bits per heavy atom. The molecule has 0 spiro atoms. The van der Waals surface area contributed by atoms with Gasteiger partial charge in [0.15, 0.2) is 0 Å². The quantitative estimate of drug-likeness (QED) is 0.781. The van der Waals surface area contributed by atoms with Gasteiger partial charge in [0.1, 0.15) is 5.82 Å². The van der Waals surface area contributed by atoms with Crippen molar-refractivity contribution in [1.82, 2.24) is 15.3 Å². The van der Waals surface area contributed by atoms with Gasteiger partial charge in [0.25, 0.3) is 0 Å². The molecule has 1 saturated heterocycles. The van der Waals surface area contributed by atoms with Gasteiger partial charge in [-0.25, -0.2) is 4.98 Å². The van der Waals surface area contributed by atoms with Crippen LogP contribution in [0.2, 0.25) is 0 Å². The maximum absolute atomic E-state index is 4.80. The number of benzene rings is 2. The van der Waals surface area contributed by atoms with Crippen molar-refractivity contribution in [2.75, 3.05) is 31.1 Å². The number of nitrogens with one attached hydrogen (secondary N) is 2. The zero-order valence-electron chi connectivity index (χ0n) is 13.5. The van der Waals surface area contributed by atoms with Crippen LogP contribution in [-0.2, 0) is 6.42 Å². The van der Waals surface area contributed by atoms with Crippen LogP contribution < -0.4 is 10.2 Å². The molecular formula is C19H22N4. The standard InChI is InChI=1S/C19H22N4/c1-2-14-6-8-15(9-7-14)19-21-16-4-3-5-17(18(16)22-19)23-12-10-20-11-13-23/h3-9,20H,2,10-13H2,1H3,(H,21,22). The molecule has 0 aliphatic carbocycles. The van der Waals surface area contributed by atoms with Crippen LogP contribution in [0.4, 0.5) is 5.69 Å². The lowest BCUT2D eigenvalue weighted by molar-refractivity contribution is 0.590. The van der Waals surface area contributed by atoms with E-state index < -0.39 is 0 Å². The van der Waals surface area contributed by atoms with Gasteiger partial charge in [-0.2, -0.15) is 0 Å². The maximum atomic E-state index is 4.80. The third kappa shape index (κ3) is 2.70. The largest absolute Gasteiger partial charge is 0.367 e. The Morgan fingerprint density at radius 1 is 1.04 bits per heavy atom. The third-order valence-corrected chi connectivity index (χ3v) is 4.59. The lowest BCUT2D eigenvalue weighted by atomic mass is 10.1. The van der Waals surface area contributed by atoms with Crippen LogP contribution in [0, 0.1) is 0 Å². The first-order valence-corrected chi connectivity index (χ1v) is 8.39. The van der Waals surface area contributed by atoms with Gasteiger partial charge in [0.05, 0.1) is 16.7 Å². The maximum Gasteiger partial charge on any atom is 0.138 e. The number of rotatable bonds is 3. The first-order valence-electron chi connectivity index (χ1n) is 8.39. The number of piperazine rings is 1. The summed E-state index contributed by atoms with van der Waals surface area (Å²) in [5.41, 5.74) is 5.93. The first-order chi connectivity index (χ1) is 11.3. The van der Waals surface area contributed by atoms with Crippen molar-refractivity contribution >= 4 is 16.7 Å². The van der Waals surface area contributed by atoms with Gasteiger partial charge >= 0.3 is 0 Å². The molecule has 118 valence electrons. The second kappa shape index (κ2) is 6.05. The summed E-state index contributed by atoms with van der Waals surface area (Å²) in [6, 6.07) is 15.0. The zero-order valence-corrected chi connectivity index (χ0v) is 13.5. The number of aromatic nitrogens is 2. The van der Waals surface area contributed by atoms with Crippen LogP contribution in [0.1, 0.15) is 12.5 Å². The molecular weight excluding hydrogens is 284 g/mol. The van der Waals surface area contributed by atoms with Gasteiger partial charge in [-0.05, 0) is 24.1 Å². The van der Waals surface area contributed by atoms with Gasteiger partial charge in [-0.1, -0.05) is 37.3 Å². The number of fused-ring (bicyclic) bond motifs is 1. The smallest absolute Gasteiger partial charge is 0.138 e. The molecule has 4 nitrogen and oxygen atoms in total. The van der Waals surface area contributed by atoms with E-state index in [4.69, 9.17) is 4.98 Å². The number of para-hydroxylation sites is 1. The molecule has 1 aromatic heterocycles. The highest BCUT2D eigenvalue weighted by atomic mass is 15.2. The average molecular weight is 306 g/mol. The molecule has 0 amide bonds. The Kier molecular flexibility index (Phi) is 3.75. The van der Waals surface area contributed by atoms with E-state index in [2.05, 4.69) is 64.6 Å². The minimum atomic E-state index is 0.949. The molecule has 23 heavy (non-hydrogen) atoms. The van der Waals surface area contributed by atoms with Crippen molar-refractivity contribution in [2.24, 2.45) is 0 Å². The van der Waals surface area contributed by atoms with E-state index in [0.717, 1.165) is 55.0 Å². The Bertz CT molecular complexity index is 798. The molecule has 2 heterocycles. The molecule has 2 aromatic carbocycles. The van der Waals surface area contributed by atoms with Gasteiger partial charge < -0.3 is 15.2 Å². The van der Waals surface area contributed by atoms with E-state index in [9.17, 15) is 0 Å². The van der Waals surface area contributed by atoms with Crippen LogP contribution in [0.25, 0.3) is 22.4 Å². The zero-order chi connectivity index (χ0) is 15.6. The van der Waals surface area contributed by atoms with Crippen molar-refractivity contribution in [3.8, 4) is 11.4 Å². The Hall–Kier alpha value is -2.33. The Morgan fingerprint density at radius 3 is 2.57 bits per heavy atom. The number of nitrogens with zero attached hydrogens (tertiary/aromatic N) is 2. The highest BCUT2D eigenvalue weighted by Gasteiger charge is 2.15. The fourth-order valence-electron chi connectivity index (χ4n) is 3.22. The molecule has 0 atom stereocenters. The van der Waals surface area contributed by atoms with E-state index in [0.29, 0.717) is 0 Å². The van der Waals surface area contributed by atoms with E-state index in [1.807, 2.05) is 0 Å². The number of imidazole rings is 1. The molecule has 1 fully saturated rings. The van der Waals surface area contributed by atoms with Gasteiger partial charge in [-0.3, -0.25) is 0 Å². The second-order valence-electron chi connectivity index (χ2n) is 6.04. The van der Waals surface area contributed by atoms with Crippen LogP contribution in [0.15, 0.2) is 42.5 Å². The molecule has 0 unspecified atom stereocenters. The number of H-pyrrole nitrogens is 1. The number of hydrogen-bond donors (Lipinski definition) is 2. The van der Waals surface area contributed by atoms with Crippen LogP contribution >= 0.6 is 0 Å². The van der Waals surface area contributed by atoms with E-state index in [1.54, 1.807) is 0 Å². The Labute approximate surface area is 136 Å². The summed E-state index contributed by atoms with van der Waals surface area (Å²) in [6.45, 7) is 6.33. The lowest BCUT2D eigenvalue weighted by Crippen LogP contribution is -2.43. The summed E-state index contributed by atoms with van der Waals surface area (Å²) < 4.78 is 0. The molecule has 3 aromatic rings. The normalized spacial score (nSPS) is 15.3. The fourth-order valence-corrected chi connectivity index (χ4v) is 3.22. The third-order valence-electron chi connectivity index (χ3n) is 4.59. The second-order valence-corrected chi connectivity index (χ2v) is 6.04. The van der Waals surface area contributed by atoms with E-state index in [1.165, 1.54) is 11.3 Å². The molecule has 0 radical (unpaired) electrons. The monoisotopic (exact) mass is 306 g/mol. The van der Waals surface area contributed by atoms with Crippen LogP contribution in [0.3, 0.4) is 0 Å². The van der Waals surface area contributed by atoms with E-state index in [-0.39, 0.29) is 0 Å².